The van der Waals surface area contributed by atoms with Gasteiger partial charge in [0.15, 0.2) is 0 Å². The van der Waals surface area contributed by atoms with Gasteiger partial charge in [-0.1, -0.05) is 0 Å². The summed E-state index contributed by atoms with van der Waals surface area (Å²) >= 11 is 0. The molecule has 0 fully saturated rings. The second-order valence-corrected chi connectivity index (χ2v) is 3.69. The molecule has 5 N–H and O–H groups in total. The third kappa shape index (κ3) is 14.6. The van der Waals surface area contributed by atoms with Crippen LogP contribution in [0.5, 0.6) is 0 Å². The van der Waals surface area contributed by atoms with E-state index in [1.54, 1.807) is 0 Å². The molecule has 0 aliphatic heterocycles. The molecule has 0 radical (unpaired) electrons. The molecule has 0 aliphatic carbocycles. The number of rotatable bonds is 9. The first kappa shape index (κ1) is 36.8. The molecule has 0 heterocycles. The number of carbonyl (C=O) groups is 5. The van der Waals surface area contributed by atoms with E-state index in [4.69, 9.17) is 25.5 Å². The topological polar surface area (TPSA) is 196 Å². The van der Waals surface area contributed by atoms with Crippen LogP contribution in [0.15, 0.2) is 11.8 Å². The van der Waals surface area contributed by atoms with Crippen molar-refractivity contribution >= 4 is 29.8 Å². The fraction of sp³-hybridized carbons (Fsp3) is 0.300. The molecular formula is C10H14Na4O11. The number of hydrogen-bond donors (Lipinski definition) is 5. The summed E-state index contributed by atoms with van der Waals surface area (Å²) in [6.45, 7) is 0. The van der Waals surface area contributed by atoms with Crippen molar-refractivity contribution in [3.63, 3.8) is 0 Å². The van der Waals surface area contributed by atoms with E-state index in [-0.39, 0.29) is 130 Å². The number of carboxylic acid groups (broad SMARTS) is 5. The van der Waals surface area contributed by atoms with Crippen LogP contribution in [0.2, 0.25) is 0 Å². The van der Waals surface area contributed by atoms with Gasteiger partial charge in [0, 0.05) is 0 Å². The zero-order chi connectivity index (χ0) is 16.8. The molecule has 0 spiro atoms. The Bertz CT molecular complexity index is 532. The van der Waals surface area contributed by atoms with Gasteiger partial charge in [-0.25, -0.2) is 14.4 Å². The van der Waals surface area contributed by atoms with Crippen molar-refractivity contribution < 1.29 is 178 Å². The molecule has 0 aromatic heterocycles. The van der Waals surface area contributed by atoms with Crippen molar-refractivity contribution in [2.45, 2.75) is 18.4 Å². The van der Waals surface area contributed by atoms with E-state index in [2.05, 4.69) is 4.74 Å². The molecular weight excluding hydrogens is 388 g/mol. The van der Waals surface area contributed by atoms with E-state index < -0.39 is 54.0 Å². The first-order chi connectivity index (χ1) is 9.50. The van der Waals surface area contributed by atoms with Crippen molar-refractivity contribution in [2.75, 3.05) is 0 Å². The van der Waals surface area contributed by atoms with Crippen LogP contribution in [0, 0.1) is 0 Å². The van der Waals surface area contributed by atoms with Crippen LogP contribution in [0.25, 0.3) is 0 Å². The summed E-state index contributed by atoms with van der Waals surface area (Å²) in [5.74, 6) is -10.8. The second-order valence-electron chi connectivity index (χ2n) is 3.69. The zero-order valence-corrected chi connectivity index (χ0v) is 22.2. The summed E-state index contributed by atoms with van der Waals surface area (Å²) in [6.07, 6.45) is -2.80. The molecule has 11 nitrogen and oxygen atoms in total. The van der Waals surface area contributed by atoms with Gasteiger partial charge in [0.2, 0.25) is 11.4 Å². The van der Waals surface area contributed by atoms with Gasteiger partial charge in [-0.05, 0) is 0 Å². The fourth-order valence-corrected chi connectivity index (χ4v) is 1.28. The van der Waals surface area contributed by atoms with Gasteiger partial charge < -0.3 is 36.0 Å². The molecule has 0 aromatic rings. The Morgan fingerprint density at radius 2 is 1.16 bits per heavy atom. The van der Waals surface area contributed by atoms with Crippen LogP contribution >= 0.6 is 0 Å². The average Bonchev–Trinajstić information content (AvgIpc) is 2.24. The molecule has 0 atom stereocenters. The Kier molecular flexibility index (Phi) is 25.0. The van der Waals surface area contributed by atoms with Crippen molar-refractivity contribution in [3.05, 3.63) is 11.8 Å². The summed E-state index contributed by atoms with van der Waals surface area (Å²) in [5, 5.41) is 43.3. The van der Waals surface area contributed by atoms with Crippen LogP contribution in [0.3, 0.4) is 0 Å². The number of hydrogen-bond acceptors (Lipinski definition) is 6. The Morgan fingerprint density at radius 1 is 0.800 bits per heavy atom. The number of carboxylic acids is 5. The predicted octanol–water partition coefficient (Wildman–Crippen LogP) is -12.7. The summed E-state index contributed by atoms with van der Waals surface area (Å²) in [4.78, 5) is 53.6. The van der Waals surface area contributed by atoms with Crippen molar-refractivity contribution in [2.24, 2.45) is 0 Å². The maximum Gasteiger partial charge on any atom is 1.00 e. The van der Waals surface area contributed by atoms with E-state index in [0.717, 1.165) is 0 Å². The largest absolute Gasteiger partial charge is 1.00 e. The minimum atomic E-state index is -2.96. The monoisotopic (exact) mass is 402 g/mol. The van der Waals surface area contributed by atoms with Crippen LogP contribution in [-0.2, 0) is 28.7 Å². The minimum Gasteiger partial charge on any atom is -1.00 e. The molecule has 15 heteroatoms. The molecule has 0 aliphatic rings. The molecule has 0 saturated carbocycles. The fourth-order valence-electron chi connectivity index (χ4n) is 1.28. The van der Waals surface area contributed by atoms with Gasteiger partial charge in [-0.2, -0.15) is 0 Å². The van der Waals surface area contributed by atoms with Gasteiger partial charge >= 0.3 is 148 Å². The summed E-state index contributed by atoms with van der Waals surface area (Å²) < 4.78 is 4.41. The van der Waals surface area contributed by atoms with Gasteiger partial charge in [-0.15, -0.1) is 0 Å². The first-order valence-electron chi connectivity index (χ1n) is 5.04. The van der Waals surface area contributed by atoms with Crippen LogP contribution in [0.1, 0.15) is 18.5 Å². The van der Waals surface area contributed by atoms with Gasteiger partial charge in [0.1, 0.15) is 0 Å². The minimum absolute atomic E-state index is 0. The van der Waals surface area contributed by atoms with Crippen LogP contribution in [0.4, 0.5) is 0 Å². The van der Waals surface area contributed by atoms with Crippen LogP contribution in [-0.4, -0.2) is 61.0 Å². The zero-order valence-electron chi connectivity index (χ0n) is 18.2. The van der Waals surface area contributed by atoms with Gasteiger partial charge in [0.25, 0.3) is 0 Å². The Labute approximate surface area is 235 Å². The Morgan fingerprint density at radius 3 is 1.36 bits per heavy atom. The molecule has 0 amide bonds. The van der Waals surface area contributed by atoms with Crippen molar-refractivity contribution in [3.8, 4) is 0 Å². The van der Waals surface area contributed by atoms with E-state index in [0.29, 0.717) is 0 Å². The van der Waals surface area contributed by atoms with Crippen molar-refractivity contribution in [1.29, 1.82) is 0 Å². The summed E-state index contributed by atoms with van der Waals surface area (Å²) in [5.41, 5.74) is -2.96. The summed E-state index contributed by atoms with van der Waals surface area (Å²) in [6, 6.07) is 0. The number of aliphatic carboxylic acids is 5. The molecule has 0 bridgehead atoms. The average molecular weight is 402 g/mol. The van der Waals surface area contributed by atoms with Gasteiger partial charge in [0.05, 0.1) is 18.9 Å². The van der Waals surface area contributed by atoms with E-state index >= 15 is 0 Å². The smallest absolute Gasteiger partial charge is 1.00 e. The Balaban J connectivity index is -0.0000000714. The molecule has 0 saturated heterocycles. The van der Waals surface area contributed by atoms with Crippen molar-refractivity contribution in [1.82, 2.24) is 0 Å². The second kappa shape index (κ2) is 17.0. The van der Waals surface area contributed by atoms with Gasteiger partial charge in [-0.3, -0.25) is 9.59 Å². The maximum atomic E-state index is 11.1. The third-order valence-electron chi connectivity index (χ3n) is 2.03. The molecule has 0 unspecified atom stereocenters. The molecule has 25 heavy (non-hydrogen) atoms. The van der Waals surface area contributed by atoms with E-state index in [1.807, 2.05) is 0 Å². The summed E-state index contributed by atoms with van der Waals surface area (Å²) in [7, 11) is 0. The van der Waals surface area contributed by atoms with Crippen LogP contribution < -0.4 is 118 Å². The van der Waals surface area contributed by atoms with E-state index in [1.165, 1.54) is 0 Å². The number of ether oxygens (including phenoxy) is 1. The quantitative estimate of drug-likeness (QED) is 0.140. The standard InChI is InChI=1S/C10H10O11.4Na.4H/c11-5(12)1-4(8(17)18)21-10(9(19)20,2-6(13)14)3-7(15)16;;;;;;;;/h1H,2-3H2,(H,11,12)(H,13,14)(H,15,16)(H,17,18)(H,19,20);;;;;;;;/q;4*+1;4*-1/b4-1-;;;;;;;;. The molecule has 124 valence electrons. The van der Waals surface area contributed by atoms with E-state index in [9.17, 15) is 24.0 Å². The SMILES string of the molecule is O=C(O)/C=C(\OC(CC(=O)O)(CC(=O)O)C(=O)O)C(=O)O.[H-].[H-].[H-].[H-].[Na+].[Na+].[Na+].[Na+]. The molecule has 0 rings (SSSR count). The third-order valence-corrected chi connectivity index (χ3v) is 2.03. The normalized spacial score (nSPS) is 9.68. The Hall–Kier alpha value is 0.890. The molecule has 0 aromatic carbocycles. The predicted molar refractivity (Wildman–Crippen MR) is 63.8 cm³/mol. The maximum absolute atomic E-state index is 11.1. The first-order valence-corrected chi connectivity index (χ1v) is 5.04.